The van der Waals surface area contributed by atoms with Crippen molar-refractivity contribution >= 4 is 23.8 Å². The van der Waals surface area contributed by atoms with Crippen LogP contribution in [0.15, 0.2) is 48.5 Å². The van der Waals surface area contributed by atoms with Gasteiger partial charge in [-0.2, -0.15) is 11.0 Å². The van der Waals surface area contributed by atoms with Crippen molar-refractivity contribution in [3.05, 3.63) is 59.7 Å². The number of likely N-dealkylation sites (tertiary alicyclic amines) is 2. The molecule has 0 unspecified atom stereocenters. The number of hydrogen-bond acceptors (Lipinski definition) is 10. The lowest BCUT2D eigenvalue weighted by Crippen LogP contribution is -2.35. The zero-order valence-electron chi connectivity index (χ0n) is 26.0. The van der Waals surface area contributed by atoms with Crippen LogP contribution in [-0.2, 0) is 19.3 Å². The average molecular weight is 635 g/mol. The van der Waals surface area contributed by atoms with Crippen LogP contribution in [0.2, 0.25) is 0 Å². The zero-order chi connectivity index (χ0) is 31.9. The van der Waals surface area contributed by atoms with Crippen LogP contribution in [0.4, 0.5) is 0 Å². The molecule has 12 heteroatoms. The van der Waals surface area contributed by atoms with Gasteiger partial charge in [0.05, 0.1) is 13.2 Å². The Morgan fingerprint density at radius 3 is 1.24 bits per heavy atom. The molecule has 2 amide bonds. The van der Waals surface area contributed by atoms with E-state index in [0.717, 1.165) is 49.6 Å². The smallest absolute Gasteiger partial charge is 0.443 e. The molecule has 2 N–H and O–H groups in total. The average Bonchev–Trinajstić information content (AvgIpc) is 3.51. The number of carbonyl (C=O) groups is 4. The van der Waals surface area contributed by atoms with Crippen LogP contribution in [0.3, 0.4) is 0 Å². The first kappa shape index (κ1) is 31.8. The predicted octanol–water partition coefficient (Wildman–Crippen LogP) is 2.98. The van der Waals surface area contributed by atoms with Crippen LogP contribution in [0.1, 0.15) is 59.2 Å². The highest BCUT2D eigenvalue weighted by atomic mass is 16.7. The van der Waals surface area contributed by atoms with Crippen molar-refractivity contribution in [2.45, 2.75) is 38.5 Å². The second kappa shape index (κ2) is 15.0. The fourth-order valence-corrected chi connectivity index (χ4v) is 6.83. The second-order valence-corrected chi connectivity index (χ2v) is 12.8. The Bertz CT molecular complexity index is 1260. The molecule has 4 fully saturated rings. The van der Waals surface area contributed by atoms with Crippen molar-refractivity contribution in [1.82, 2.24) is 20.8 Å². The van der Waals surface area contributed by atoms with Gasteiger partial charge < -0.3 is 28.9 Å². The number of benzene rings is 2. The highest BCUT2D eigenvalue weighted by Gasteiger charge is 2.39. The first-order valence-corrected chi connectivity index (χ1v) is 16.3. The van der Waals surface area contributed by atoms with Gasteiger partial charge in [0.25, 0.3) is 11.8 Å². The SMILES string of the molecule is O=C(ONC(=O)c1ccc(OCCCN2C[C@H]3CC[C@H]3C2)cc1)C(=O)ONC(=O)c1ccc(OCCCN2C[C@H]3CC[C@H]3C2)cc1. The van der Waals surface area contributed by atoms with Crippen molar-refractivity contribution in [3.63, 3.8) is 0 Å². The third-order valence-corrected chi connectivity index (χ3v) is 9.77. The Kier molecular flexibility index (Phi) is 10.3. The molecule has 2 saturated heterocycles. The lowest BCUT2D eigenvalue weighted by molar-refractivity contribution is -0.173. The summed E-state index contributed by atoms with van der Waals surface area (Å²) in [6, 6.07) is 12.7. The van der Waals surface area contributed by atoms with Crippen molar-refractivity contribution in [2.24, 2.45) is 23.7 Å². The summed E-state index contributed by atoms with van der Waals surface area (Å²) in [7, 11) is 0. The molecule has 0 bridgehead atoms. The van der Waals surface area contributed by atoms with Gasteiger partial charge in [0.2, 0.25) is 0 Å². The van der Waals surface area contributed by atoms with Crippen molar-refractivity contribution in [3.8, 4) is 11.5 Å². The monoisotopic (exact) mass is 634 g/mol. The van der Waals surface area contributed by atoms with Gasteiger partial charge in [-0.25, -0.2) is 9.59 Å². The molecule has 46 heavy (non-hydrogen) atoms. The summed E-state index contributed by atoms with van der Waals surface area (Å²) in [6.07, 6.45) is 7.32. The first-order valence-electron chi connectivity index (χ1n) is 16.3. The molecular formula is C34H42N4O8. The molecule has 6 rings (SSSR count). The van der Waals surface area contributed by atoms with Crippen LogP contribution in [-0.4, -0.2) is 86.0 Å². The number of nitrogens with zero attached hydrogens (tertiary/aromatic N) is 2. The topological polar surface area (TPSA) is 136 Å². The fraction of sp³-hybridized carbons (Fsp3) is 0.529. The van der Waals surface area contributed by atoms with E-state index in [1.165, 1.54) is 76.1 Å². The summed E-state index contributed by atoms with van der Waals surface area (Å²) in [6.45, 7) is 8.01. The minimum Gasteiger partial charge on any atom is -0.494 e. The standard InChI is InChI=1S/C34H42N4O8/c39-31(23-7-11-29(12-8-23)43-17-1-15-37-19-25-3-4-26(25)20-37)35-45-33(41)34(42)46-36-32(40)24-9-13-30(14-10-24)44-18-2-16-38-21-27-5-6-28(27)22-38/h7-14,25-28H,1-6,15-22H2,(H,35,39)(H,36,40)/t25-,26+,27-,28+. The van der Waals surface area contributed by atoms with Crippen molar-refractivity contribution in [1.29, 1.82) is 0 Å². The molecule has 12 nitrogen and oxygen atoms in total. The number of nitrogens with one attached hydrogen (secondary N) is 2. The van der Waals surface area contributed by atoms with Crippen LogP contribution in [0.25, 0.3) is 0 Å². The number of fused-ring (bicyclic) bond motifs is 2. The maximum atomic E-state index is 12.3. The van der Waals surface area contributed by atoms with Crippen LogP contribution in [0, 0.1) is 23.7 Å². The number of ether oxygens (including phenoxy) is 2. The van der Waals surface area contributed by atoms with Crippen molar-refractivity contribution in [2.75, 3.05) is 52.5 Å². The van der Waals surface area contributed by atoms with E-state index in [2.05, 4.69) is 19.5 Å². The third kappa shape index (κ3) is 8.16. The molecule has 2 aromatic carbocycles. The summed E-state index contributed by atoms with van der Waals surface area (Å²) >= 11 is 0. The van der Waals surface area contributed by atoms with E-state index in [1.54, 1.807) is 24.3 Å². The molecule has 0 radical (unpaired) electrons. The minimum atomic E-state index is -1.51. The molecule has 2 aliphatic heterocycles. The molecule has 246 valence electrons. The number of rotatable bonds is 12. The van der Waals surface area contributed by atoms with Gasteiger partial charge in [0.15, 0.2) is 0 Å². The van der Waals surface area contributed by atoms with Gasteiger partial charge in [-0.05, 0) is 111 Å². The molecule has 2 heterocycles. The molecule has 2 aromatic rings. The number of hydroxylamine groups is 2. The van der Waals surface area contributed by atoms with Gasteiger partial charge in [0.1, 0.15) is 11.5 Å². The maximum absolute atomic E-state index is 12.3. The maximum Gasteiger partial charge on any atom is 0.443 e. The van der Waals surface area contributed by atoms with Gasteiger partial charge in [0, 0.05) is 50.4 Å². The molecule has 4 atom stereocenters. The Balaban J connectivity index is 0.823. The molecule has 0 spiro atoms. The lowest BCUT2D eigenvalue weighted by atomic mass is 9.77. The van der Waals surface area contributed by atoms with E-state index in [9.17, 15) is 19.2 Å². The predicted molar refractivity (Wildman–Crippen MR) is 166 cm³/mol. The van der Waals surface area contributed by atoms with Crippen molar-refractivity contribution < 1.29 is 38.3 Å². The summed E-state index contributed by atoms with van der Waals surface area (Å²) in [5, 5.41) is 0. The van der Waals surface area contributed by atoms with E-state index in [1.807, 2.05) is 11.0 Å². The molecular weight excluding hydrogens is 592 g/mol. The second-order valence-electron chi connectivity index (χ2n) is 12.8. The zero-order valence-corrected chi connectivity index (χ0v) is 26.0. The van der Waals surface area contributed by atoms with E-state index in [0.29, 0.717) is 24.7 Å². The van der Waals surface area contributed by atoms with Crippen LogP contribution < -0.4 is 20.4 Å². The van der Waals surface area contributed by atoms with E-state index in [4.69, 9.17) is 9.47 Å². The van der Waals surface area contributed by atoms with Gasteiger partial charge >= 0.3 is 11.9 Å². The quantitative estimate of drug-likeness (QED) is 0.204. The molecule has 2 aliphatic carbocycles. The molecule has 0 aromatic heterocycles. The number of hydrogen-bond donors (Lipinski definition) is 2. The number of carbonyl (C=O) groups excluding carboxylic acids is 4. The third-order valence-electron chi connectivity index (χ3n) is 9.77. The largest absolute Gasteiger partial charge is 0.494 e. The van der Waals surface area contributed by atoms with E-state index < -0.39 is 23.8 Å². The Labute approximate surface area is 268 Å². The van der Waals surface area contributed by atoms with E-state index >= 15 is 0 Å². The summed E-state index contributed by atoms with van der Waals surface area (Å²) in [4.78, 5) is 62.6. The Morgan fingerprint density at radius 2 is 0.913 bits per heavy atom. The minimum absolute atomic E-state index is 0.195. The Morgan fingerprint density at radius 1 is 0.565 bits per heavy atom. The fourth-order valence-electron chi connectivity index (χ4n) is 6.83. The highest BCUT2D eigenvalue weighted by Crippen LogP contribution is 2.41. The normalized spacial score (nSPS) is 23.2. The van der Waals surface area contributed by atoms with E-state index in [-0.39, 0.29) is 11.1 Å². The number of amides is 2. The first-order chi connectivity index (χ1) is 22.4. The van der Waals surface area contributed by atoms with Gasteiger partial charge in [-0.1, -0.05) is 0 Å². The van der Waals surface area contributed by atoms with Gasteiger partial charge in [-0.15, -0.1) is 0 Å². The molecule has 4 aliphatic rings. The molecule has 2 saturated carbocycles. The van der Waals surface area contributed by atoms with Crippen LogP contribution in [0.5, 0.6) is 11.5 Å². The summed E-state index contributed by atoms with van der Waals surface area (Å²) in [5.41, 5.74) is 4.19. The lowest BCUT2D eigenvalue weighted by Gasteiger charge is -2.28. The van der Waals surface area contributed by atoms with Gasteiger partial charge in [-0.3, -0.25) is 9.59 Å². The highest BCUT2D eigenvalue weighted by molar-refractivity contribution is 6.29. The Hall–Kier alpha value is -4.16. The van der Waals surface area contributed by atoms with Crippen LogP contribution >= 0.6 is 0 Å². The summed E-state index contributed by atoms with van der Waals surface area (Å²) < 4.78 is 11.6. The summed E-state index contributed by atoms with van der Waals surface area (Å²) in [5.74, 6) is 0.323.